The Morgan fingerprint density at radius 3 is 2.20 bits per heavy atom. The number of nitrogens with two attached hydrogens (primary N) is 2. The van der Waals surface area contributed by atoms with E-state index < -0.39 is 0 Å². The van der Waals surface area contributed by atoms with E-state index in [-0.39, 0.29) is 11.4 Å². The number of benzene rings is 3. The minimum absolute atomic E-state index is 0.0904. The van der Waals surface area contributed by atoms with Gasteiger partial charge in [-0.2, -0.15) is 0 Å². The van der Waals surface area contributed by atoms with Crippen LogP contribution in [-0.4, -0.2) is 28.5 Å². The minimum Gasteiger partial charge on any atom is -0.384 e. The average molecular weight is 469 g/mol. The van der Waals surface area contributed by atoms with Crippen LogP contribution in [0, 0.1) is 12.3 Å². The summed E-state index contributed by atoms with van der Waals surface area (Å²) in [6, 6.07) is 27.4. The topological polar surface area (TPSA) is 123 Å². The number of hydrogen-bond donors (Lipinski definition) is 4. The minimum atomic E-state index is -0.0904. The maximum atomic E-state index is 12.8. The summed E-state index contributed by atoms with van der Waals surface area (Å²) < 4.78 is 1.64. The summed E-state index contributed by atoms with van der Waals surface area (Å²) in [6.07, 6.45) is 2.46. The van der Waals surface area contributed by atoms with E-state index in [1.165, 1.54) is 11.1 Å². The SMILES string of the molecule is Cc1ccc(C(=N)N)cc1.NCCn1c(-c2ccccc2)ncc(NCCc2ccccc2)c1=O. The van der Waals surface area contributed by atoms with Gasteiger partial charge in [-0.3, -0.25) is 14.8 Å². The van der Waals surface area contributed by atoms with Gasteiger partial charge < -0.3 is 16.8 Å². The van der Waals surface area contributed by atoms with Gasteiger partial charge in [0.25, 0.3) is 5.56 Å². The van der Waals surface area contributed by atoms with Gasteiger partial charge in [-0.15, -0.1) is 0 Å². The highest BCUT2D eigenvalue weighted by Crippen LogP contribution is 2.16. The second-order valence-corrected chi connectivity index (χ2v) is 8.05. The van der Waals surface area contributed by atoms with Gasteiger partial charge in [-0.25, -0.2) is 4.98 Å². The summed E-state index contributed by atoms with van der Waals surface area (Å²) in [5, 5.41) is 10.3. The Morgan fingerprint density at radius 1 is 0.971 bits per heavy atom. The standard InChI is InChI=1S/C20H22N4O.C8H10N2/c21-12-14-24-19(17-9-5-2-6-10-17)23-15-18(20(24)25)22-13-11-16-7-3-1-4-8-16;1-6-2-4-7(5-3-6)8(9)10/h1-10,15,22H,11-14,21H2;2-5H,1H3,(H3,9,10). The summed E-state index contributed by atoms with van der Waals surface area (Å²) in [6.45, 7) is 3.50. The molecule has 0 amide bonds. The number of hydrogen-bond acceptors (Lipinski definition) is 5. The van der Waals surface area contributed by atoms with Crippen LogP contribution in [0.2, 0.25) is 0 Å². The first-order valence-electron chi connectivity index (χ1n) is 11.5. The van der Waals surface area contributed by atoms with Gasteiger partial charge in [0, 0.05) is 30.8 Å². The summed E-state index contributed by atoms with van der Waals surface area (Å²) in [7, 11) is 0. The smallest absolute Gasteiger partial charge is 0.277 e. The molecule has 4 rings (SSSR count). The van der Waals surface area contributed by atoms with Gasteiger partial charge in [0.15, 0.2) is 0 Å². The van der Waals surface area contributed by atoms with Crippen LogP contribution in [0.4, 0.5) is 5.69 Å². The van der Waals surface area contributed by atoms with E-state index in [2.05, 4.69) is 22.4 Å². The third-order valence-corrected chi connectivity index (χ3v) is 5.37. The van der Waals surface area contributed by atoms with Crippen LogP contribution in [0.5, 0.6) is 0 Å². The molecule has 180 valence electrons. The van der Waals surface area contributed by atoms with Gasteiger partial charge in [0.2, 0.25) is 0 Å². The first-order valence-corrected chi connectivity index (χ1v) is 11.5. The predicted octanol–water partition coefficient (Wildman–Crippen LogP) is 3.80. The van der Waals surface area contributed by atoms with E-state index in [1.807, 2.05) is 79.7 Å². The molecule has 1 aromatic heterocycles. The Kier molecular flexibility index (Phi) is 9.33. The largest absolute Gasteiger partial charge is 0.384 e. The fourth-order valence-electron chi connectivity index (χ4n) is 3.49. The van der Waals surface area contributed by atoms with Gasteiger partial charge in [0.1, 0.15) is 17.3 Å². The molecule has 7 heteroatoms. The Balaban J connectivity index is 0.000000287. The van der Waals surface area contributed by atoms with Crippen molar-refractivity contribution < 1.29 is 0 Å². The monoisotopic (exact) mass is 468 g/mol. The first kappa shape index (κ1) is 25.4. The number of amidine groups is 1. The molecule has 0 atom stereocenters. The lowest BCUT2D eigenvalue weighted by Crippen LogP contribution is -2.29. The normalized spacial score (nSPS) is 10.2. The molecule has 7 nitrogen and oxygen atoms in total. The van der Waals surface area contributed by atoms with Crippen molar-refractivity contribution in [3.63, 3.8) is 0 Å². The molecule has 0 aliphatic heterocycles. The summed E-state index contributed by atoms with van der Waals surface area (Å²) in [5.41, 5.74) is 15.5. The van der Waals surface area contributed by atoms with Crippen molar-refractivity contribution in [2.45, 2.75) is 19.9 Å². The Hall–Kier alpha value is -4.23. The fourth-order valence-corrected chi connectivity index (χ4v) is 3.49. The zero-order valence-corrected chi connectivity index (χ0v) is 19.9. The van der Waals surface area contributed by atoms with Crippen molar-refractivity contribution in [2.24, 2.45) is 11.5 Å². The van der Waals surface area contributed by atoms with Crippen molar-refractivity contribution >= 4 is 11.5 Å². The van der Waals surface area contributed by atoms with E-state index in [0.717, 1.165) is 17.5 Å². The van der Waals surface area contributed by atoms with Crippen LogP contribution >= 0.6 is 0 Å². The van der Waals surface area contributed by atoms with Crippen LogP contribution in [0.25, 0.3) is 11.4 Å². The predicted molar refractivity (Wildman–Crippen MR) is 144 cm³/mol. The number of aromatic nitrogens is 2. The molecule has 4 aromatic rings. The summed E-state index contributed by atoms with van der Waals surface area (Å²) in [4.78, 5) is 17.3. The van der Waals surface area contributed by atoms with Crippen LogP contribution in [0.15, 0.2) is 95.9 Å². The first-order chi connectivity index (χ1) is 17.0. The molecule has 3 aromatic carbocycles. The number of nitrogen functional groups attached to an aromatic ring is 1. The van der Waals surface area contributed by atoms with Crippen molar-refractivity contribution in [2.75, 3.05) is 18.4 Å². The van der Waals surface area contributed by atoms with Crippen LogP contribution in [0.1, 0.15) is 16.7 Å². The molecule has 0 aliphatic rings. The lowest BCUT2D eigenvalue weighted by molar-refractivity contribution is 0.675. The lowest BCUT2D eigenvalue weighted by Gasteiger charge is -2.14. The number of anilines is 1. The van der Waals surface area contributed by atoms with E-state index in [4.69, 9.17) is 16.9 Å². The Morgan fingerprint density at radius 2 is 1.60 bits per heavy atom. The second kappa shape index (κ2) is 12.9. The third-order valence-electron chi connectivity index (χ3n) is 5.37. The fraction of sp³-hybridized carbons (Fsp3) is 0.179. The molecule has 0 spiro atoms. The third kappa shape index (κ3) is 7.38. The Bertz CT molecular complexity index is 1270. The van der Waals surface area contributed by atoms with Gasteiger partial charge in [-0.05, 0) is 18.9 Å². The molecule has 6 N–H and O–H groups in total. The molecule has 1 heterocycles. The highest BCUT2D eigenvalue weighted by atomic mass is 16.1. The maximum absolute atomic E-state index is 12.8. The highest BCUT2D eigenvalue weighted by Gasteiger charge is 2.11. The van der Waals surface area contributed by atoms with Crippen LogP contribution in [-0.2, 0) is 13.0 Å². The van der Waals surface area contributed by atoms with Gasteiger partial charge in [0.05, 0.1) is 6.20 Å². The zero-order chi connectivity index (χ0) is 25.0. The number of rotatable bonds is 8. The molecule has 0 fully saturated rings. The molecule has 35 heavy (non-hydrogen) atoms. The quantitative estimate of drug-likeness (QED) is 0.231. The molecule has 0 bridgehead atoms. The van der Waals surface area contributed by atoms with E-state index in [1.54, 1.807) is 10.8 Å². The molecule has 0 saturated carbocycles. The van der Waals surface area contributed by atoms with Crippen molar-refractivity contribution in [1.82, 2.24) is 9.55 Å². The molecule has 0 radical (unpaired) electrons. The van der Waals surface area contributed by atoms with E-state index >= 15 is 0 Å². The van der Waals surface area contributed by atoms with Crippen molar-refractivity contribution in [1.29, 1.82) is 5.41 Å². The van der Waals surface area contributed by atoms with Crippen molar-refractivity contribution in [3.05, 3.63) is 118 Å². The summed E-state index contributed by atoms with van der Waals surface area (Å²) in [5.74, 6) is 0.768. The maximum Gasteiger partial charge on any atom is 0.277 e. The molecular weight excluding hydrogens is 436 g/mol. The van der Waals surface area contributed by atoms with Gasteiger partial charge in [-0.1, -0.05) is 90.5 Å². The molecule has 0 saturated heterocycles. The lowest BCUT2D eigenvalue weighted by atomic mass is 10.1. The van der Waals surface area contributed by atoms with E-state index in [0.29, 0.717) is 31.1 Å². The Labute approximate surface area is 206 Å². The average Bonchev–Trinajstić information content (AvgIpc) is 2.88. The van der Waals surface area contributed by atoms with Crippen LogP contribution < -0.4 is 22.3 Å². The van der Waals surface area contributed by atoms with Gasteiger partial charge >= 0.3 is 0 Å². The number of nitrogens with zero attached hydrogens (tertiary/aromatic N) is 2. The molecule has 0 unspecified atom stereocenters. The number of nitrogens with one attached hydrogen (secondary N) is 2. The second-order valence-electron chi connectivity index (χ2n) is 8.05. The van der Waals surface area contributed by atoms with Crippen molar-refractivity contribution in [3.8, 4) is 11.4 Å². The van der Waals surface area contributed by atoms with E-state index in [9.17, 15) is 4.79 Å². The zero-order valence-electron chi connectivity index (χ0n) is 19.9. The molecular formula is C28H32N6O. The summed E-state index contributed by atoms with van der Waals surface area (Å²) >= 11 is 0. The number of aryl methyl sites for hydroxylation is 1. The van der Waals surface area contributed by atoms with Crippen LogP contribution in [0.3, 0.4) is 0 Å². The molecule has 0 aliphatic carbocycles. The highest BCUT2D eigenvalue weighted by molar-refractivity contribution is 5.94.